The summed E-state index contributed by atoms with van der Waals surface area (Å²) in [6.45, 7) is 3.90. The van der Waals surface area contributed by atoms with Crippen LogP contribution >= 0.6 is 0 Å². The van der Waals surface area contributed by atoms with Crippen molar-refractivity contribution in [2.75, 3.05) is 12.3 Å². The van der Waals surface area contributed by atoms with E-state index in [4.69, 9.17) is 10.5 Å². The average Bonchev–Trinajstić information content (AvgIpc) is 2.71. The number of carbonyl (C=O) groups excluding carboxylic acids is 1. The SMILES string of the molecule is CCOC(=O)C(C)n1ncc2ccc(N)cc21. The van der Waals surface area contributed by atoms with Crippen LogP contribution in [0.2, 0.25) is 0 Å². The summed E-state index contributed by atoms with van der Waals surface area (Å²) < 4.78 is 6.60. The molecule has 2 N–H and O–H groups in total. The maximum atomic E-state index is 11.7. The standard InChI is InChI=1S/C12H15N3O2/c1-3-17-12(16)8(2)15-11-6-10(13)5-4-9(11)7-14-15/h4-8H,3,13H2,1-2H3. The zero-order valence-corrected chi connectivity index (χ0v) is 9.88. The van der Waals surface area contributed by atoms with Crippen molar-refractivity contribution < 1.29 is 9.53 Å². The molecule has 0 saturated carbocycles. The Kier molecular flexibility index (Phi) is 2.99. The predicted octanol–water partition coefficient (Wildman–Crippen LogP) is 1.74. The Morgan fingerprint density at radius 1 is 1.59 bits per heavy atom. The minimum absolute atomic E-state index is 0.292. The van der Waals surface area contributed by atoms with Gasteiger partial charge in [0.05, 0.1) is 18.3 Å². The summed E-state index contributed by atoms with van der Waals surface area (Å²) in [5.74, 6) is -0.292. The minimum atomic E-state index is -0.450. The highest BCUT2D eigenvalue weighted by molar-refractivity contribution is 5.84. The van der Waals surface area contributed by atoms with Crippen LogP contribution in [0.3, 0.4) is 0 Å². The van der Waals surface area contributed by atoms with E-state index in [1.54, 1.807) is 30.8 Å². The molecule has 2 rings (SSSR count). The van der Waals surface area contributed by atoms with E-state index in [0.717, 1.165) is 10.9 Å². The molecule has 90 valence electrons. The first-order valence-electron chi connectivity index (χ1n) is 5.53. The molecule has 1 heterocycles. The zero-order chi connectivity index (χ0) is 12.4. The number of esters is 1. The van der Waals surface area contributed by atoms with Gasteiger partial charge in [0.2, 0.25) is 0 Å². The van der Waals surface area contributed by atoms with Gasteiger partial charge < -0.3 is 10.5 Å². The van der Waals surface area contributed by atoms with Gasteiger partial charge in [-0.25, -0.2) is 4.79 Å². The molecular formula is C12H15N3O2. The van der Waals surface area contributed by atoms with E-state index in [-0.39, 0.29) is 5.97 Å². The molecule has 0 amide bonds. The molecule has 0 fully saturated rings. The highest BCUT2D eigenvalue weighted by Gasteiger charge is 2.18. The van der Waals surface area contributed by atoms with Crippen LogP contribution in [-0.4, -0.2) is 22.4 Å². The Morgan fingerprint density at radius 2 is 2.35 bits per heavy atom. The summed E-state index contributed by atoms with van der Waals surface area (Å²) in [4.78, 5) is 11.7. The predicted molar refractivity (Wildman–Crippen MR) is 65.5 cm³/mol. The molecule has 0 aliphatic heterocycles. The maximum Gasteiger partial charge on any atom is 0.330 e. The lowest BCUT2D eigenvalue weighted by molar-refractivity contribution is -0.146. The molecule has 2 aromatic rings. The van der Waals surface area contributed by atoms with Crippen molar-refractivity contribution in [1.29, 1.82) is 0 Å². The third kappa shape index (κ3) is 2.08. The first-order chi connectivity index (χ1) is 8.13. The van der Waals surface area contributed by atoms with Crippen LogP contribution in [-0.2, 0) is 9.53 Å². The molecule has 0 aliphatic carbocycles. The number of hydrogen-bond donors (Lipinski definition) is 1. The van der Waals surface area contributed by atoms with Crippen molar-refractivity contribution in [2.24, 2.45) is 0 Å². The maximum absolute atomic E-state index is 11.7. The van der Waals surface area contributed by atoms with Gasteiger partial charge in [0.25, 0.3) is 0 Å². The van der Waals surface area contributed by atoms with E-state index in [1.807, 2.05) is 12.1 Å². The zero-order valence-electron chi connectivity index (χ0n) is 9.88. The van der Waals surface area contributed by atoms with Crippen LogP contribution in [0.15, 0.2) is 24.4 Å². The molecule has 17 heavy (non-hydrogen) atoms. The highest BCUT2D eigenvalue weighted by Crippen LogP contribution is 2.20. The highest BCUT2D eigenvalue weighted by atomic mass is 16.5. The van der Waals surface area contributed by atoms with Crippen LogP contribution in [0.5, 0.6) is 0 Å². The van der Waals surface area contributed by atoms with E-state index >= 15 is 0 Å². The van der Waals surface area contributed by atoms with E-state index < -0.39 is 6.04 Å². The Labute approximate surface area is 99.2 Å². The molecule has 1 aromatic carbocycles. The summed E-state index contributed by atoms with van der Waals surface area (Å²) in [5, 5.41) is 5.15. The second kappa shape index (κ2) is 4.45. The molecule has 0 spiro atoms. The topological polar surface area (TPSA) is 70.1 Å². The second-order valence-corrected chi connectivity index (χ2v) is 3.84. The van der Waals surface area contributed by atoms with Gasteiger partial charge in [-0.05, 0) is 32.0 Å². The fourth-order valence-electron chi connectivity index (χ4n) is 1.73. The second-order valence-electron chi connectivity index (χ2n) is 3.84. The van der Waals surface area contributed by atoms with Gasteiger partial charge in [-0.3, -0.25) is 4.68 Å². The van der Waals surface area contributed by atoms with Crippen molar-refractivity contribution in [1.82, 2.24) is 9.78 Å². The van der Waals surface area contributed by atoms with Crippen molar-refractivity contribution in [3.05, 3.63) is 24.4 Å². The first kappa shape index (κ1) is 11.4. The van der Waals surface area contributed by atoms with Crippen LogP contribution in [0.1, 0.15) is 19.9 Å². The third-order valence-corrected chi connectivity index (χ3v) is 2.62. The van der Waals surface area contributed by atoms with E-state index in [0.29, 0.717) is 12.3 Å². The summed E-state index contributed by atoms with van der Waals surface area (Å²) >= 11 is 0. The van der Waals surface area contributed by atoms with E-state index in [9.17, 15) is 4.79 Å². The minimum Gasteiger partial charge on any atom is -0.464 e. The largest absolute Gasteiger partial charge is 0.464 e. The third-order valence-electron chi connectivity index (χ3n) is 2.62. The molecule has 5 nitrogen and oxygen atoms in total. The molecule has 1 atom stereocenters. The van der Waals surface area contributed by atoms with Crippen LogP contribution in [0, 0.1) is 0 Å². The van der Waals surface area contributed by atoms with Crippen LogP contribution in [0.25, 0.3) is 10.9 Å². The summed E-state index contributed by atoms with van der Waals surface area (Å²) in [5.41, 5.74) is 7.22. The quantitative estimate of drug-likeness (QED) is 0.647. The monoisotopic (exact) mass is 233 g/mol. The lowest BCUT2D eigenvalue weighted by Gasteiger charge is -2.12. The Balaban J connectivity index is 2.41. The average molecular weight is 233 g/mol. The number of nitrogen functional groups attached to an aromatic ring is 1. The number of carbonyl (C=O) groups is 1. The van der Waals surface area contributed by atoms with Crippen molar-refractivity contribution in [2.45, 2.75) is 19.9 Å². The normalized spacial score (nSPS) is 12.6. The molecule has 0 radical (unpaired) electrons. The number of benzene rings is 1. The van der Waals surface area contributed by atoms with Gasteiger partial charge >= 0.3 is 5.97 Å². The molecular weight excluding hydrogens is 218 g/mol. The van der Waals surface area contributed by atoms with Gasteiger partial charge in [-0.15, -0.1) is 0 Å². The lowest BCUT2D eigenvalue weighted by Crippen LogP contribution is -2.20. The number of aromatic nitrogens is 2. The number of anilines is 1. The number of ether oxygens (including phenoxy) is 1. The van der Waals surface area contributed by atoms with Gasteiger partial charge in [0.1, 0.15) is 6.04 Å². The fourth-order valence-corrected chi connectivity index (χ4v) is 1.73. The van der Waals surface area contributed by atoms with E-state index in [1.165, 1.54) is 0 Å². The number of nitrogens with two attached hydrogens (primary N) is 1. The summed E-state index contributed by atoms with van der Waals surface area (Å²) in [6, 6.07) is 5.04. The smallest absolute Gasteiger partial charge is 0.330 e. The number of rotatable bonds is 3. The first-order valence-corrected chi connectivity index (χ1v) is 5.53. The fraction of sp³-hybridized carbons (Fsp3) is 0.333. The van der Waals surface area contributed by atoms with Gasteiger partial charge in [-0.1, -0.05) is 0 Å². The van der Waals surface area contributed by atoms with Gasteiger partial charge in [0, 0.05) is 11.1 Å². The number of nitrogens with zero attached hydrogens (tertiary/aromatic N) is 2. The number of fused-ring (bicyclic) bond motifs is 1. The number of hydrogen-bond acceptors (Lipinski definition) is 4. The summed E-state index contributed by atoms with van der Waals surface area (Å²) in [7, 11) is 0. The van der Waals surface area contributed by atoms with Crippen LogP contribution in [0.4, 0.5) is 5.69 Å². The summed E-state index contributed by atoms with van der Waals surface area (Å²) in [6.07, 6.45) is 1.71. The van der Waals surface area contributed by atoms with Crippen molar-refractivity contribution >= 4 is 22.6 Å². The van der Waals surface area contributed by atoms with E-state index in [2.05, 4.69) is 5.10 Å². The molecule has 0 aliphatic rings. The molecule has 1 unspecified atom stereocenters. The molecule has 0 saturated heterocycles. The van der Waals surface area contributed by atoms with Gasteiger partial charge in [0.15, 0.2) is 0 Å². The Morgan fingerprint density at radius 3 is 3.06 bits per heavy atom. The molecule has 1 aromatic heterocycles. The molecule has 5 heteroatoms. The van der Waals surface area contributed by atoms with Crippen LogP contribution < -0.4 is 5.73 Å². The van der Waals surface area contributed by atoms with Gasteiger partial charge in [-0.2, -0.15) is 5.10 Å². The Bertz CT molecular complexity index is 548. The van der Waals surface area contributed by atoms with Crippen molar-refractivity contribution in [3.8, 4) is 0 Å². The molecule has 0 bridgehead atoms. The van der Waals surface area contributed by atoms with Crippen molar-refractivity contribution in [3.63, 3.8) is 0 Å². The Hall–Kier alpha value is -2.04. The lowest BCUT2D eigenvalue weighted by atomic mass is 10.2.